The standard InChI is InChI=1S/C17H22BrNOS/c1-3-9-19-16(17-15(18)8-11-21-17)13-6-5-7-14(12-13)20-10-4-2/h5-8,11-12,16,19H,3-4,9-10H2,1-2H3. The summed E-state index contributed by atoms with van der Waals surface area (Å²) in [5.74, 6) is 0.949. The lowest BCUT2D eigenvalue weighted by molar-refractivity contribution is 0.317. The van der Waals surface area contributed by atoms with Crippen molar-refractivity contribution in [3.63, 3.8) is 0 Å². The molecule has 2 aromatic rings. The average molecular weight is 368 g/mol. The Kier molecular flexibility index (Phi) is 6.74. The van der Waals surface area contributed by atoms with Crippen LogP contribution in [-0.4, -0.2) is 13.2 Å². The van der Waals surface area contributed by atoms with E-state index >= 15 is 0 Å². The molecular weight excluding hydrogens is 346 g/mol. The highest BCUT2D eigenvalue weighted by atomic mass is 79.9. The molecule has 1 aromatic heterocycles. The molecule has 1 unspecified atom stereocenters. The van der Waals surface area contributed by atoms with Gasteiger partial charge in [-0.25, -0.2) is 0 Å². The molecule has 4 heteroatoms. The Balaban J connectivity index is 2.26. The van der Waals surface area contributed by atoms with E-state index in [1.807, 2.05) is 6.07 Å². The molecule has 1 atom stereocenters. The summed E-state index contributed by atoms with van der Waals surface area (Å²) in [6, 6.07) is 10.7. The molecule has 0 amide bonds. The zero-order chi connectivity index (χ0) is 15.1. The predicted octanol–water partition coefficient (Wildman–Crippen LogP) is 5.39. The van der Waals surface area contributed by atoms with Gasteiger partial charge in [-0.15, -0.1) is 11.3 Å². The van der Waals surface area contributed by atoms with Crippen molar-refractivity contribution in [3.05, 3.63) is 50.6 Å². The lowest BCUT2D eigenvalue weighted by atomic mass is 10.0. The third-order valence-electron chi connectivity index (χ3n) is 3.17. The fourth-order valence-corrected chi connectivity index (χ4v) is 3.87. The zero-order valence-electron chi connectivity index (χ0n) is 12.6. The van der Waals surface area contributed by atoms with E-state index in [0.717, 1.165) is 31.7 Å². The van der Waals surface area contributed by atoms with Gasteiger partial charge in [-0.2, -0.15) is 0 Å². The number of benzene rings is 1. The van der Waals surface area contributed by atoms with Crippen molar-refractivity contribution in [1.29, 1.82) is 0 Å². The fourth-order valence-electron chi connectivity index (χ4n) is 2.17. The van der Waals surface area contributed by atoms with Crippen LogP contribution >= 0.6 is 27.3 Å². The van der Waals surface area contributed by atoms with Gasteiger partial charge in [-0.3, -0.25) is 0 Å². The van der Waals surface area contributed by atoms with Crippen molar-refractivity contribution in [2.24, 2.45) is 0 Å². The maximum atomic E-state index is 5.76. The molecule has 2 rings (SSSR count). The molecular formula is C17H22BrNOS. The minimum Gasteiger partial charge on any atom is -0.494 e. The van der Waals surface area contributed by atoms with Crippen molar-refractivity contribution < 1.29 is 4.74 Å². The van der Waals surface area contributed by atoms with E-state index in [2.05, 4.69) is 64.7 Å². The summed E-state index contributed by atoms with van der Waals surface area (Å²) >= 11 is 5.43. The quantitative estimate of drug-likeness (QED) is 0.675. The second-order valence-corrected chi connectivity index (χ2v) is 6.74. The summed E-state index contributed by atoms with van der Waals surface area (Å²) in [4.78, 5) is 1.32. The molecule has 0 saturated heterocycles. The Morgan fingerprint density at radius 2 is 2.10 bits per heavy atom. The molecule has 2 nitrogen and oxygen atoms in total. The molecule has 0 aliphatic carbocycles. The van der Waals surface area contributed by atoms with Crippen LogP contribution < -0.4 is 10.1 Å². The number of hydrogen-bond acceptors (Lipinski definition) is 3. The average Bonchev–Trinajstić information content (AvgIpc) is 2.92. The Bertz CT molecular complexity index is 555. The zero-order valence-corrected chi connectivity index (χ0v) is 15.0. The Morgan fingerprint density at radius 3 is 2.76 bits per heavy atom. The van der Waals surface area contributed by atoms with E-state index in [9.17, 15) is 0 Å². The summed E-state index contributed by atoms with van der Waals surface area (Å²) in [5.41, 5.74) is 1.25. The van der Waals surface area contributed by atoms with Crippen LogP contribution in [0.2, 0.25) is 0 Å². The van der Waals surface area contributed by atoms with E-state index in [0.29, 0.717) is 0 Å². The van der Waals surface area contributed by atoms with Crippen molar-refractivity contribution in [1.82, 2.24) is 5.32 Å². The van der Waals surface area contributed by atoms with Crippen LogP contribution in [0.25, 0.3) is 0 Å². The van der Waals surface area contributed by atoms with Gasteiger partial charge in [0.1, 0.15) is 5.75 Å². The molecule has 114 valence electrons. The van der Waals surface area contributed by atoms with Crippen LogP contribution in [0.4, 0.5) is 0 Å². The Hall–Kier alpha value is -0.840. The lowest BCUT2D eigenvalue weighted by Gasteiger charge is -2.19. The second-order valence-electron chi connectivity index (χ2n) is 4.94. The Labute approximate surface area is 139 Å². The summed E-state index contributed by atoms with van der Waals surface area (Å²) in [7, 11) is 0. The lowest BCUT2D eigenvalue weighted by Crippen LogP contribution is -2.22. The first-order valence-electron chi connectivity index (χ1n) is 7.45. The van der Waals surface area contributed by atoms with E-state index in [-0.39, 0.29) is 6.04 Å². The van der Waals surface area contributed by atoms with Gasteiger partial charge in [0.15, 0.2) is 0 Å². The van der Waals surface area contributed by atoms with Crippen molar-refractivity contribution in [2.45, 2.75) is 32.7 Å². The highest BCUT2D eigenvalue weighted by Gasteiger charge is 2.18. The third-order valence-corrected chi connectivity index (χ3v) is 5.11. The van der Waals surface area contributed by atoms with Crippen LogP contribution in [0, 0.1) is 0 Å². The maximum Gasteiger partial charge on any atom is 0.119 e. The Morgan fingerprint density at radius 1 is 1.24 bits per heavy atom. The van der Waals surface area contributed by atoms with Crippen molar-refractivity contribution in [2.75, 3.05) is 13.2 Å². The number of thiophene rings is 1. The van der Waals surface area contributed by atoms with E-state index in [1.54, 1.807) is 11.3 Å². The van der Waals surface area contributed by atoms with Crippen LogP contribution in [0.1, 0.15) is 43.2 Å². The van der Waals surface area contributed by atoms with Crippen LogP contribution in [0.3, 0.4) is 0 Å². The molecule has 0 spiro atoms. The molecule has 21 heavy (non-hydrogen) atoms. The number of hydrogen-bond donors (Lipinski definition) is 1. The van der Waals surface area contributed by atoms with Gasteiger partial charge in [-0.1, -0.05) is 26.0 Å². The summed E-state index contributed by atoms with van der Waals surface area (Å²) in [5, 5.41) is 5.76. The van der Waals surface area contributed by atoms with Crippen molar-refractivity contribution in [3.8, 4) is 5.75 Å². The van der Waals surface area contributed by atoms with Gasteiger partial charge in [0.2, 0.25) is 0 Å². The van der Waals surface area contributed by atoms with Gasteiger partial charge in [0.05, 0.1) is 12.6 Å². The first-order valence-corrected chi connectivity index (χ1v) is 9.12. The number of ether oxygens (including phenoxy) is 1. The molecule has 0 radical (unpaired) electrons. The molecule has 0 bridgehead atoms. The third kappa shape index (κ3) is 4.56. The molecule has 0 aliphatic rings. The van der Waals surface area contributed by atoms with Crippen LogP contribution in [-0.2, 0) is 0 Å². The van der Waals surface area contributed by atoms with E-state index < -0.39 is 0 Å². The molecule has 0 saturated carbocycles. The summed E-state index contributed by atoms with van der Waals surface area (Å²) in [6.07, 6.45) is 2.14. The van der Waals surface area contributed by atoms with Crippen LogP contribution in [0.5, 0.6) is 5.75 Å². The monoisotopic (exact) mass is 367 g/mol. The number of nitrogens with one attached hydrogen (secondary N) is 1. The minimum absolute atomic E-state index is 0.213. The summed E-state index contributed by atoms with van der Waals surface area (Å²) in [6.45, 7) is 6.07. The highest BCUT2D eigenvalue weighted by Crippen LogP contribution is 2.34. The van der Waals surface area contributed by atoms with Gasteiger partial charge < -0.3 is 10.1 Å². The fraction of sp³-hybridized carbons (Fsp3) is 0.412. The topological polar surface area (TPSA) is 21.3 Å². The summed E-state index contributed by atoms with van der Waals surface area (Å²) < 4.78 is 6.93. The van der Waals surface area contributed by atoms with Crippen molar-refractivity contribution >= 4 is 27.3 Å². The van der Waals surface area contributed by atoms with E-state index in [4.69, 9.17) is 4.74 Å². The first kappa shape index (κ1) is 16.5. The molecule has 0 fully saturated rings. The van der Waals surface area contributed by atoms with Gasteiger partial charge in [0.25, 0.3) is 0 Å². The first-order chi connectivity index (χ1) is 10.3. The van der Waals surface area contributed by atoms with Crippen LogP contribution in [0.15, 0.2) is 40.2 Å². The number of halogens is 1. The van der Waals surface area contributed by atoms with Gasteiger partial charge in [-0.05, 0) is 64.5 Å². The number of rotatable bonds is 8. The second kappa shape index (κ2) is 8.57. The predicted molar refractivity (Wildman–Crippen MR) is 94.4 cm³/mol. The SMILES string of the molecule is CCCNC(c1cccc(OCCC)c1)c1sccc1Br. The molecule has 0 aliphatic heterocycles. The van der Waals surface area contributed by atoms with Gasteiger partial charge in [0, 0.05) is 9.35 Å². The molecule has 1 aromatic carbocycles. The smallest absolute Gasteiger partial charge is 0.119 e. The van der Waals surface area contributed by atoms with Gasteiger partial charge >= 0.3 is 0 Å². The molecule has 1 heterocycles. The van der Waals surface area contributed by atoms with E-state index in [1.165, 1.54) is 14.9 Å². The largest absolute Gasteiger partial charge is 0.494 e. The minimum atomic E-state index is 0.213. The maximum absolute atomic E-state index is 5.76. The normalized spacial score (nSPS) is 12.3. The molecule has 1 N–H and O–H groups in total. The highest BCUT2D eigenvalue weighted by molar-refractivity contribution is 9.10.